The molecule has 1 aromatic rings. The Hall–Kier alpha value is -1.62. The Morgan fingerprint density at radius 2 is 2.21 bits per heavy atom. The Morgan fingerprint density at radius 1 is 1.53 bits per heavy atom. The minimum absolute atomic E-state index is 0.0150. The molecule has 1 amide bonds. The lowest BCUT2D eigenvalue weighted by Crippen LogP contribution is -2.38. The number of hydrogen-bond acceptors (Lipinski definition) is 4. The molecule has 0 saturated carbocycles. The van der Waals surface area contributed by atoms with Crippen molar-refractivity contribution in [1.29, 1.82) is 0 Å². The molecule has 0 unspecified atom stereocenters. The zero-order valence-corrected chi connectivity index (χ0v) is 11.7. The van der Waals surface area contributed by atoms with E-state index in [1.54, 1.807) is 17.2 Å². The second-order valence-electron chi connectivity index (χ2n) is 5.40. The van der Waals surface area contributed by atoms with Gasteiger partial charge in [-0.25, -0.2) is 0 Å². The quantitative estimate of drug-likeness (QED) is 0.885. The molecule has 19 heavy (non-hydrogen) atoms. The maximum atomic E-state index is 12.3. The fourth-order valence-electron chi connectivity index (χ4n) is 2.52. The molecule has 0 aromatic carbocycles. The molecule has 0 aliphatic carbocycles. The normalized spacial score (nSPS) is 17.4. The number of likely N-dealkylation sites (tertiary alicyclic amines) is 1. The third-order valence-corrected chi connectivity index (χ3v) is 3.80. The topological polar surface area (TPSA) is 62.5 Å². The summed E-state index contributed by atoms with van der Waals surface area (Å²) in [6, 6.07) is 1.68. The van der Waals surface area contributed by atoms with Crippen LogP contribution >= 0.6 is 0 Å². The number of piperidine rings is 1. The molecule has 0 radical (unpaired) electrons. The van der Waals surface area contributed by atoms with Crippen LogP contribution in [0.1, 0.15) is 23.2 Å². The van der Waals surface area contributed by atoms with Gasteiger partial charge in [0.2, 0.25) is 0 Å². The molecule has 5 nitrogen and oxygen atoms in total. The van der Waals surface area contributed by atoms with Crippen molar-refractivity contribution in [3.8, 4) is 0 Å². The molecule has 5 heteroatoms. The smallest absolute Gasteiger partial charge is 0.255 e. The fourth-order valence-corrected chi connectivity index (χ4v) is 2.52. The van der Waals surface area contributed by atoms with Gasteiger partial charge in [-0.1, -0.05) is 0 Å². The van der Waals surface area contributed by atoms with Crippen LogP contribution in [0.4, 0.5) is 5.69 Å². The molecule has 0 spiro atoms. The second-order valence-corrected chi connectivity index (χ2v) is 5.40. The zero-order valence-electron chi connectivity index (χ0n) is 11.7. The Kier molecular flexibility index (Phi) is 4.37. The summed E-state index contributed by atoms with van der Waals surface area (Å²) in [4.78, 5) is 20.3. The van der Waals surface area contributed by atoms with Gasteiger partial charge in [-0.2, -0.15) is 0 Å². The van der Waals surface area contributed by atoms with Crippen molar-refractivity contribution in [1.82, 2.24) is 14.8 Å². The van der Waals surface area contributed by atoms with Crippen LogP contribution in [-0.4, -0.2) is 54.4 Å². The summed E-state index contributed by atoms with van der Waals surface area (Å²) in [5.41, 5.74) is 6.79. The largest absolute Gasteiger partial charge is 0.397 e. The van der Waals surface area contributed by atoms with Crippen molar-refractivity contribution in [2.24, 2.45) is 5.92 Å². The van der Waals surface area contributed by atoms with E-state index in [9.17, 15) is 4.79 Å². The highest BCUT2D eigenvalue weighted by molar-refractivity contribution is 5.98. The molecular formula is C14H22N4O. The molecule has 0 bridgehead atoms. The fraction of sp³-hybridized carbons (Fsp3) is 0.571. The van der Waals surface area contributed by atoms with E-state index in [-0.39, 0.29) is 5.91 Å². The molecule has 1 saturated heterocycles. The maximum absolute atomic E-state index is 12.3. The Labute approximate surface area is 114 Å². The first-order valence-electron chi connectivity index (χ1n) is 6.71. The highest BCUT2D eigenvalue weighted by Crippen LogP contribution is 2.18. The third-order valence-electron chi connectivity index (χ3n) is 3.80. The predicted molar refractivity (Wildman–Crippen MR) is 75.8 cm³/mol. The van der Waals surface area contributed by atoms with Crippen LogP contribution in [0.2, 0.25) is 0 Å². The van der Waals surface area contributed by atoms with Crippen LogP contribution in [-0.2, 0) is 0 Å². The van der Waals surface area contributed by atoms with Crippen LogP contribution < -0.4 is 5.73 Å². The van der Waals surface area contributed by atoms with Crippen LogP contribution in [0.25, 0.3) is 0 Å². The first kappa shape index (κ1) is 13.8. The number of nitrogens with two attached hydrogens (primary N) is 1. The standard InChI is InChI=1S/C14H22N4O/c1-17-7-4-11(5-8-17)10-18(2)14(19)12-3-6-16-9-13(12)15/h3,6,9,11H,4-5,7-8,10,15H2,1-2H3. The Balaban J connectivity index is 1.94. The number of aromatic nitrogens is 1. The molecular weight excluding hydrogens is 240 g/mol. The summed E-state index contributed by atoms with van der Waals surface area (Å²) in [7, 11) is 3.99. The van der Waals surface area contributed by atoms with E-state index in [2.05, 4.69) is 16.9 Å². The van der Waals surface area contributed by atoms with E-state index < -0.39 is 0 Å². The molecule has 1 fully saturated rings. The van der Waals surface area contributed by atoms with Gasteiger partial charge < -0.3 is 15.5 Å². The van der Waals surface area contributed by atoms with E-state index in [1.807, 2.05) is 7.05 Å². The Bertz CT molecular complexity index is 441. The summed E-state index contributed by atoms with van der Waals surface area (Å²) in [5.74, 6) is 0.576. The summed E-state index contributed by atoms with van der Waals surface area (Å²) in [6.07, 6.45) is 5.43. The van der Waals surface area contributed by atoms with E-state index in [0.717, 1.165) is 32.5 Å². The highest BCUT2D eigenvalue weighted by Gasteiger charge is 2.21. The molecule has 104 valence electrons. The van der Waals surface area contributed by atoms with Gasteiger partial charge in [0, 0.05) is 19.8 Å². The minimum Gasteiger partial charge on any atom is -0.397 e. The molecule has 1 aliphatic rings. The number of hydrogen-bond donors (Lipinski definition) is 1. The number of nitrogen functional groups attached to an aromatic ring is 1. The number of nitrogens with zero attached hydrogens (tertiary/aromatic N) is 3. The molecule has 1 aromatic heterocycles. The summed E-state index contributed by atoms with van der Waals surface area (Å²) in [6.45, 7) is 3.03. The van der Waals surface area contributed by atoms with Crippen molar-refractivity contribution in [3.05, 3.63) is 24.0 Å². The van der Waals surface area contributed by atoms with Crippen LogP contribution in [0.3, 0.4) is 0 Å². The maximum Gasteiger partial charge on any atom is 0.255 e. The van der Waals surface area contributed by atoms with Crippen molar-refractivity contribution in [2.75, 3.05) is 39.5 Å². The highest BCUT2D eigenvalue weighted by atomic mass is 16.2. The van der Waals surface area contributed by atoms with Gasteiger partial charge in [0.15, 0.2) is 0 Å². The van der Waals surface area contributed by atoms with Crippen molar-refractivity contribution in [3.63, 3.8) is 0 Å². The lowest BCUT2D eigenvalue weighted by atomic mass is 9.96. The monoisotopic (exact) mass is 262 g/mol. The van der Waals surface area contributed by atoms with E-state index >= 15 is 0 Å². The van der Waals surface area contributed by atoms with Gasteiger partial charge >= 0.3 is 0 Å². The lowest BCUT2D eigenvalue weighted by molar-refractivity contribution is 0.0748. The van der Waals surface area contributed by atoms with Crippen LogP contribution in [0, 0.1) is 5.92 Å². The first-order chi connectivity index (χ1) is 9.08. The number of amides is 1. The third kappa shape index (κ3) is 3.44. The van der Waals surface area contributed by atoms with Gasteiger partial charge in [-0.05, 0) is 45.0 Å². The first-order valence-corrected chi connectivity index (χ1v) is 6.71. The number of anilines is 1. The summed E-state index contributed by atoms with van der Waals surface area (Å²) < 4.78 is 0. The number of pyridine rings is 1. The minimum atomic E-state index is -0.0150. The summed E-state index contributed by atoms with van der Waals surface area (Å²) in [5, 5.41) is 0. The number of rotatable bonds is 3. The van der Waals surface area contributed by atoms with Gasteiger partial charge in [-0.3, -0.25) is 9.78 Å². The molecule has 0 atom stereocenters. The van der Waals surface area contributed by atoms with E-state index in [0.29, 0.717) is 17.2 Å². The Morgan fingerprint density at radius 3 is 2.84 bits per heavy atom. The molecule has 2 heterocycles. The van der Waals surface area contributed by atoms with E-state index in [1.165, 1.54) is 6.20 Å². The SMILES string of the molecule is CN1CCC(CN(C)C(=O)c2ccncc2N)CC1. The average Bonchev–Trinajstić information content (AvgIpc) is 2.41. The van der Waals surface area contributed by atoms with Crippen molar-refractivity contribution >= 4 is 11.6 Å². The predicted octanol–water partition coefficient (Wildman–Crippen LogP) is 1.08. The molecule has 2 N–H and O–H groups in total. The van der Waals surface area contributed by atoms with E-state index in [4.69, 9.17) is 5.73 Å². The average molecular weight is 262 g/mol. The number of carbonyl (C=O) groups is 1. The molecule has 2 rings (SSSR count). The summed E-state index contributed by atoms with van der Waals surface area (Å²) >= 11 is 0. The molecule has 1 aliphatic heterocycles. The van der Waals surface area contributed by atoms with Crippen LogP contribution in [0.15, 0.2) is 18.5 Å². The second kappa shape index (κ2) is 6.02. The number of carbonyl (C=O) groups excluding carboxylic acids is 1. The van der Waals surface area contributed by atoms with Gasteiger partial charge in [0.1, 0.15) is 0 Å². The van der Waals surface area contributed by atoms with Gasteiger partial charge in [-0.15, -0.1) is 0 Å². The zero-order chi connectivity index (χ0) is 13.8. The lowest BCUT2D eigenvalue weighted by Gasteiger charge is -2.31. The van der Waals surface area contributed by atoms with Crippen molar-refractivity contribution < 1.29 is 4.79 Å². The van der Waals surface area contributed by atoms with Gasteiger partial charge in [0.25, 0.3) is 5.91 Å². The van der Waals surface area contributed by atoms with Crippen LogP contribution in [0.5, 0.6) is 0 Å². The van der Waals surface area contributed by atoms with Crippen molar-refractivity contribution in [2.45, 2.75) is 12.8 Å². The van der Waals surface area contributed by atoms with Gasteiger partial charge in [0.05, 0.1) is 17.4 Å².